The zero-order valence-corrected chi connectivity index (χ0v) is 16.6. The van der Waals surface area contributed by atoms with Crippen molar-refractivity contribution in [3.63, 3.8) is 0 Å². The third-order valence-corrected chi connectivity index (χ3v) is 4.74. The second-order valence-electron chi connectivity index (χ2n) is 7.74. The molecule has 0 fully saturated rings. The fourth-order valence-electron chi connectivity index (χ4n) is 2.69. The van der Waals surface area contributed by atoms with Gasteiger partial charge in [-0.15, -0.1) is 0 Å². The van der Waals surface area contributed by atoms with Crippen molar-refractivity contribution in [3.8, 4) is 0 Å². The third-order valence-electron chi connectivity index (χ3n) is 4.74. The first-order chi connectivity index (χ1) is 10.7. The van der Waals surface area contributed by atoms with Gasteiger partial charge in [-0.1, -0.05) is 34.1 Å². The van der Waals surface area contributed by atoms with Gasteiger partial charge in [0, 0.05) is 6.54 Å². The lowest BCUT2D eigenvalue weighted by molar-refractivity contribution is -0.151. The van der Waals surface area contributed by atoms with Crippen molar-refractivity contribution >= 4 is 5.97 Å². The van der Waals surface area contributed by atoms with Crippen LogP contribution in [-0.4, -0.2) is 50.7 Å². The van der Waals surface area contributed by atoms with Gasteiger partial charge in [0.15, 0.2) is 0 Å². The van der Waals surface area contributed by atoms with Gasteiger partial charge in [-0.25, -0.2) is 0 Å². The van der Waals surface area contributed by atoms with E-state index in [4.69, 9.17) is 4.74 Å². The van der Waals surface area contributed by atoms with Crippen molar-refractivity contribution in [3.05, 3.63) is 0 Å². The summed E-state index contributed by atoms with van der Waals surface area (Å²) in [6, 6.07) is 0. The molecule has 0 rings (SSSR count). The molecule has 0 spiro atoms. The normalized spacial score (nSPS) is 14.8. The highest BCUT2D eigenvalue weighted by molar-refractivity contribution is 5.69. The molecule has 0 amide bonds. The molecule has 0 heterocycles. The molecule has 0 aromatic rings. The first-order valence-electron chi connectivity index (χ1n) is 9.26. The van der Waals surface area contributed by atoms with E-state index in [1.807, 2.05) is 6.92 Å². The van der Waals surface area contributed by atoms with Crippen LogP contribution in [0, 0.1) is 11.3 Å². The average Bonchev–Trinajstić information content (AvgIpc) is 2.47. The zero-order chi connectivity index (χ0) is 17.9. The smallest absolute Gasteiger partial charge is 0.307 e. The lowest BCUT2D eigenvalue weighted by Gasteiger charge is -2.31. The molecule has 4 nitrogen and oxygen atoms in total. The molecule has 1 N–H and O–H groups in total. The van der Waals surface area contributed by atoms with Gasteiger partial charge in [-0.2, -0.15) is 0 Å². The Morgan fingerprint density at radius 1 is 1.22 bits per heavy atom. The Kier molecular flexibility index (Phi) is 11.5. The van der Waals surface area contributed by atoms with Gasteiger partial charge in [-0.3, -0.25) is 4.79 Å². The van der Waals surface area contributed by atoms with Crippen LogP contribution in [0.5, 0.6) is 0 Å². The van der Waals surface area contributed by atoms with Crippen molar-refractivity contribution in [1.29, 1.82) is 0 Å². The highest BCUT2D eigenvalue weighted by Crippen LogP contribution is 2.32. The average molecular weight is 329 g/mol. The van der Waals surface area contributed by atoms with E-state index in [-0.39, 0.29) is 12.1 Å². The van der Waals surface area contributed by atoms with E-state index in [0.29, 0.717) is 24.3 Å². The Labute approximate surface area is 144 Å². The molecule has 23 heavy (non-hydrogen) atoms. The van der Waals surface area contributed by atoms with Crippen molar-refractivity contribution in [2.45, 2.75) is 72.8 Å². The number of carbonyl (C=O) groups excluding carboxylic acids is 1. The maximum Gasteiger partial charge on any atom is 0.307 e. The van der Waals surface area contributed by atoms with Crippen LogP contribution in [0.2, 0.25) is 0 Å². The van der Waals surface area contributed by atoms with Gasteiger partial charge in [0.1, 0.15) is 6.10 Å². The van der Waals surface area contributed by atoms with E-state index in [0.717, 1.165) is 38.8 Å². The fraction of sp³-hybridized carbons (Fsp3) is 0.947. The second kappa shape index (κ2) is 11.9. The molecule has 0 bridgehead atoms. The van der Waals surface area contributed by atoms with Crippen LogP contribution < -0.4 is 5.32 Å². The maximum absolute atomic E-state index is 12.0. The Morgan fingerprint density at radius 3 is 2.39 bits per heavy atom. The number of esters is 1. The summed E-state index contributed by atoms with van der Waals surface area (Å²) in [4.78, 5) is 14.1. The minimum atomic E-state index is -0.0784. The van der Waals surface area contributed by atoms with E-state index < -0.39 is 0 Å². The summed E-state index contributed by atoms with van der Waals surface area (Å²) in [6.45, 7) is 13.8. The van der Waals surface area contributed by atoms with Gasteiger partial charge in [0.25, 0.3) is 0 Å². The molecule has 4 heteroatoms. The predicted molar refractivity (Wildman–Crippen MR) is 98.7 cm³/mol. The monoisotopic (exact) mass is 328 g/mol. The molecule has 0 saturated heterocycles. The van der Waals surface area contributed by atoms with Gasteiger partial charge in [-0.05, 0) is 64.7 Å². The number of carbonyl (C=O) groups is 1. The molecule has 138 valence electrons. The van der Waals surface area contributed by atoms with E-state index in [2.05, 4.69) is 52.0 Å². The summed E-state index contributed by atoms with van der Waals surface area (Å²) >= 11 is 0. The Bertz CT molecular complexity index is 316. The summed E-state index contributed by atoms with van der Waals surface area (Å²) in [5.41, 5.74) is 0.315. The summed E-state index contributed by atoms with van der Waals surface area (Å²) in [6.07, 6.45) is 4.88. The molecule has 0 aromatic heterocycles. The largest absolute Gasteiger partial charge is 0.462 e. The van der Waals surface area contributed by atoms with Crippen molar-refractivity contribution in [2.24, 2.45) is 11.3 Å². The molecule has 2 unspecified atom stereocenters. The Hall–Kier alpha value is -0.610. The van der Waals surface area contributed by atoms with Crippen LogP contribution in [-0.2, 0) is 9.53 Å². The number of nitrogens with one attached hydrogen (secondary N) is 1. The highest BCUT2D eigenvalue weighted by Gasteiger charge is 2.26. The first-order valence-corrected chi connectivity index (χ1v) is 9.26. The third kappa shape index (κ3) is 11.5. The number of ether oxygens (including phenoxy) is 1. The maximum atomic E-state index is 12.0. The number of nitrogens with zero attached hydrogens (tertiary/aromatic N) is 1. The molecular weight excluding hydrogens is 288 g/mol. The SMILES string of the molecule is CCC(CC(C)(C)CC)C(C)OC(=O)CCNCCCN(C)C. The number of hydrogen-bond acceptors (Lipinski definition) is 4. The Balaban J connectivity index is 3.98. The summed E-state index contributed by atoms with van der Waals surface area (Å²) < 4.78 is 5.65. The fourth-order valence-corrected chi connectivity index (χ4v) is 2.69. The van der Waals surface area contributed by atoms with E-state index in [1.54, 1.807) is 0 Å². The van der Waals surface area contributed by atoms with Crippen LogP contribution >= 0.6 is 0 Å². The molecule has 0 aliphatic heterocycles. The lowest BCUT2D eigenvalue weighted by atomic mass is 9.78. The summed E-state index contributed by atoms with van der Waals surface area (Å²) in [5.74, 6) is 0.368. The predicted octanol–water partition coefficient (Wildman–Crippen LogP) is 3.70. The van der Waals surface area contributed by atoms with Crippen LogP contribution in [0.3, 0.4) is 0 Å². The van der Waals surface area contributed by atoms with Crippen LogP contribution in [0.25, 0.3) is 0 Å². The highest BCUT2D eigenvalue weighted by atomic mass is 16.5. The second-order valence-corrected chi connectivity index (χ2v) is 7.74. The van der Waals surface area contributed by atoms with E-state index >= 15 is 0 Å². The zero-order valence-electron chi connectivity index (χ0n) is 16.6. The van der Waals surface area contributed by atoms with Crippen molar-refractivity contribution in [2.75, 3.05) is 33.7 Å². The van der Waals surface area contributed by atoms with Gasteiger partial charge >= 0.3 is 5.97 Å². The molecule has 0 radical (unpaired) electrons. The molecule has 0 aliphatic rings. The minimum Gasteiger partial charge on any atom is -0.462 e. The van der Waals surface area contributed by atoms with E-state index in [1.165, 1.54) is 0 Å². The molecule has 2 atom stereocenters. The van der Waals surface area contributed by atoms with Crippen molar-refractivity contribution in [1.82, 2.24) is 10.2 Å². The van der Waals surface area contributed by atoms with E-state index in [9.17, 15) is 4.79 Å². The van der Waals surface area contributed by atoms with Gasteiger partial charge in [0.05, 0.1) is 6.42 Å². The number of rotatable bonds is 13. The van der Waals surface area contributed by atoms with Gasteiger partial charge in [0.2, 0.25) is 0 Å². The standard InChI is InChI=1S/C19H40N2O2/c1-8-17(15-19(4,5)9-2)16(3)23-18(22)11-13-20-12-10-14-21(6)7/h16-17,20H,8-15H2,1-7H3. The minimum absolute atomic E-state index is 0.00654. The van der Waals surface area contributed by atoms with Crippen LogP contribution in [0.15, 0.2) is 0 Å². The molecule has 0 aromatic carbocycles. The van der Waals surface area contributed by atoms with Gasteiger partial charge < -0.3 is 15.0 Å². The molecular formula is C19H40N2O2. The van der Waals surface area contributed by atoms with Crippen LogP contribution in [0.1, 0.15) is 66.7 Å². The van der Waals surface area contributed by atoms with Crippen molar-refractivity contribution < 1.29 is 9.53 Å². The summed E-state index contributed by atoms with van der Waals surface area (Å²) in [5, 5.41) is 3.31. The van der Waals surface area contributed by atoms with Crippen LogP contribution in [0.4, 0.5) is 0 Å². The topological polar surface area (TPSA) is 41.6 Å². The molecule has 0 aliphatic carbocycles. The lowest BCUT2D eigenvalue weighted by Crippen LogP contribution is -2.29. The number of hydrogen-bond donors (Lipinski definition) is 1. The first kappa shape index (κ1) is 22.4. The Morgan fingerprint density at radius 2 is 1.87 bits per heavy atom. The molecule has 0 saturated carbocycles. The summed E-state index contributed by atoms with van der Waals surface area (Å²) in [7, 11) is 4.14. The quantitative estimate of drug-likeness (QED) is 0.413.